The van der Waals surface area contributed by atoms with E-state index in [1.54, 1.807) is 6.07 Å². The number of carbonyl (C=O) groups is 1. The largest absolute Gasteiger partial charge is 0.593 e. The van der Waals surface area contributed by atoms with Crippen molar-refractivity contribution in [2.24, 2.45) is 0 Å². The van der Waals surface area contributed by atoms with E-state index in [1.165, 1.54) is 16.8 Å². The van der Waals surface area contributed by atoms with Gasteiger partial charge in [0.2, 0.25) is 0 Å². The number of anilines is 2. The Kier molecular flexibility index (Phi) is 13.6. The number of allylic oxidation sites excluding steroid dienone is 1. The van der Waals surface area contributed by atoms with E-state index in [4.69, 9.17) is 24.6 Å². The van der Waals surface area contributed by atoms with Gasteiger partial charge in [-0.2, -0.15) is 0 Å². The molecule has 14 heteroatoms. The molecular weight excluding hydrogens is 654 g/mol. The predicted molar refractivity (Wildman–Crippen MR) is 191 cm³/mol. The Morgan fingerprint density at radius 2 is 1.90 bits per heavy atom. The second-order valence-corrected chi connectivity index (χ2v) is 14.3. The van der Waals surface area contributed by atoms with Gasteiger partial charge < -0.3 is 38.5 Å². The van der Waals surface area contributed by atoms with Gasteiger partial charge in [0.25, 0.3) is 0 Å². The van der Waals surface area contributed by atoms with Crippen LogP contribution in [-0.4, -0.2) is 102 Å². The van der Waals surface area contributed by atoms with Crippen molar-refractivity contribution in [3.05, 3.63) is 54.2 Å². The molecule has 1 saturated heterocycles. The summed E-state index contributed by atoms with van der Waals surface area (Å²) in [6.07, 6.45) is 5.08. The first-order chi connectivity index (χ1) is 23.3. The number of hydrogen-bond donors (Lipinski definition) is 2. The molecule has 1 aromatic carbocycles. The molecule has 1 aliphatic heterocycles. The lowest BCUT2D eigenvalue weighted by atomic mass is 10.0. The molecule has 49 heavy (non-hydrogen) atoms. The van der Waals surface area contributed by atoms with Gasteiger partial charge in [0.1, 0.15) is 41.0 Å². The zero-order chi connectivity index (χ0) is 35.7. The summed E-state index contributed by atoms with van der Waals surface area (Å²) in [5.74, 6) is -1.04. The molecule has 3 heterocycles. The van der Waals surface area contributed by atoms with Crippen LogP contribution in [0.5, 0.6) is 0 Å². The fourth-order valence-corrected chi connectivity index (χ4v) is 6.52. The Balaban J connectivity index is 1.38. The third-order valence-electron chi connectivity index (χ3n) is 8.10. The zero-order valence-electron chi connectivity index (χ0n) is 29.0. The van der Waals surface area contributed by atoms with Crippen molar-refractivity contribution in [3.63, 3.8) is 0 Å². The molecule has 1 atom stereocenters. The quantitative estimate of drug-likeness (QED) is 0.0785. The average Bonchev–Trinajstić information content (AvgIpc) is 3.43. The molecule has 1 aliphatic rings. The molecule has 0 bridgehead atoms. The fourth-order valence-electron chi connectivity index (χ4n) is 5.65. The molecule has 268 valence electrons. The van der Waals surface area contributed by atoms with Gasteiger partial charge in [-0.3, -0.25) is 0 Å². The molecule has 3 aromatic rings. The summed E-state index contributed by atoms with van der Waals surface area (Å²) in [5.41, 5.74) is 0.811. The highest BCUT2D eigenvalue weighted by atomic mass is 32.2. The first-order valence-electron chi connectivity index (χ1n) is 16.5. The first kappa shape index (κ1) is 38.2. The number of fused-ring (bicyclic) bond motifs is 1. The molecule has 1 unspecified atom stereocenters. The number of rotatable bonds is 17. The summed E-state index contributed by atoms with van der Waals surface area (Å²) in [4.78, 5) is 21.1. The molecule has 0 saturated carbocycles. The maximum Gasteiger partial charge on any atom is 0.332 e. The highest BCUT2D eigenvalue weighted by Crippen LogP contribution is 2.34. The van der Waals surface area contributed by atoms with Crippen LogP contribution >= 0.6 is 0 Å². The first-order valence-corrected chi connectivity index (χ1v) is 17.8. The number of carbonyl (C=O) groups excluding carboxylic acids is 1. The van der Waals surface area contributed by atoms with E-state index in [-0.39, 0.29) is 24.0 Å². The summed E-state index contributed by atoms with van der Waals surface area (Å²) < 4.78 is 63.5. The molecule has 2 aromatic heterocycles. The summed E-state index contributed by atoms with van der Waals surface area (Å²) in [6.45, 7) is 15.0. The van der Waals surface area contributed by atoms with E-state index in [1.807, 2.05) is 40.8 Å². The maximum atomic E-state index is 15.8. The molecule has 0 spiro atoms. The van der Waals surface area contributed by atoms with Crippen LogP contribution in [-0.2, 0) is 30.4 Å². The van der Waals surface area contributed by atoms with E-state index in [0.717, 1.165) is 44.8 Å². The lowest BCUT2D eigenvalue weighted by Crippen LogP contribution is -2.44. The molecule has 4 rings (SSSR count). The topological polar surface area (TPSA) is 128 Å². The summed E-state index contributed by atoms with van der Waals surface area (Å²) >= 11 is -1.51. The average molecular weight is 703 g/mol. The van der Waals surface area contributed by atoms with E-state index >= 15 is 8.78 Å². The number of hydrogen-bond acceptors (Lipinski definition) is 10. The van der Waals surface area contributed by atoms with Gasteiger partial charge in [0.05, 0.1) is 42.2 Å². The number of likely N-dealkylation sites (tertiary alicyclic amines) is 1. The number of ether oxygens (including phenoxy) is 3. The highest BCUT2D eigenvalue weighted by molar-refractivity contribution is 7.92. The minimum atomic E-state index is -1.51. The molecule has 11 nitrogen and oxygen atoms in total. The third-order valence-corrected chi connectivity index (χ3v) is 9.33. The number of nitrogens with zero attached hydrogens (tertiary/aromatic N) is 4. The second-order valence-electron chi connectivity index (χ2n) is 13.0. The van der Waals surface area contributed by atoms with Crippen LogP contribution in [0.25, 0.3) is 22.3 Å². The van der Waals surface area contributed by atoms with E-state index < -0.39 is 34.6 Å². The van der Waals surface area contributed by atoms with E-state index in [2.05, 4.69) is 21.1 Å². The molecule has 2 N–H and O–H groups in total. The Morgan fingerprint density at radius 1 is 1.18 bits per heavy atom. The smallest absolute Gasteiger partial charge is 0.332 e. The van der Waals surface area contributed by atoms with Crippen molar-refractivity contribution in [2.75, 3.05) is 68.5 Å². The lowest BCUT2D eigenvalue weighted by molar-refractivity contribution is -0.160. The van der Waals surface area contributed by atoms with E-state index in [9.17, 15) is 9.35 Å². The summed E-state index contributed by atoms with van der Waals surface area (Å²) in [7, 11) is 1.99. The van der Waals surface area contributed by atoms with Crippen molar-refractivity contribution >= 4 is 51.7 Å². The maximum absolute atomic E-state index is 15.8. The molecule has 0 aliphatic carbocycles. The van der Waals surface area contributed by atoms with Gasteiger partial charge >= 0.3 is 5.97 Å². The van der Waals surface area contributed by atoms with Crippen molar-refractivity contribution in [1.29, 1.82) is 5.41 Å². The molecule has 0 radical (unpaired) electrons. The fraction of sp³-hybridized carbons (Fsp3) is 0.514. The molecule has 1 fully saturated rings. The Morgan fingerprint density at radius 3 is 2.57 bits per heavy atom. The van der Waals surface area contributed by atoms with Crippen LogP contribution in [0.15, 0.2) is 37.0 Å². The number of pyridine rings is 1. The van der Waals surface area contributed by atoms with Gasteiger partial charge in [-0.1, -0.05) is 13.5 Å². The van der Waals surface area contributed by atoms with Crippen molar-refractivity contribution in [2.45, 2.75) is 58.6 Å². The Labute approximate surface area is 290 Å². The standard InChI is InChI=1S/C35H48F2N6O5S/c1-7-20-49(45)40-28-9-8-27(36)34(32(28)37)43-22-26(24(2)21-38)33-29(43)10-11-30(39-33)41(6)25-12-14-42(15-13-25)16-17-46-18-19-47-23-31(44)48-35(3,4)5/h8-11,21-22,25,38,40H,2,7,12-20,23H2,1,3-6H3. The van der Waals surface area contributed by atoms with Crippen molar-refractivity contribution < 1.29 is 32.3 Å². The molecular formula is C35H48F2N6O5S. The lowest BCUT2D eigenvalue weighted by Gasteiger charge is -2.37. The zero-order valence-corrected chi connectivity index (χ0v) is 29.8. The van der Waals surface area contributed by atoms with Gasteiger partial charge in [-0.25, -0.2) is 23.3 Å². The summed E-state index contributed by atoms with van der Waals surface area (Å²) in [5, 5.41) is 7.82. The van der Waals surface area contributed by atoms with Crippen molar-refractivity contribution in [3.8, 4) is 5.69 Å². The highest BCUT2D eigenvalue weighted by Gasteiger charge is 2.26. The third kappa shape index (κ3) is 10.2. The Bertz CT molecular complexity index is 1610. The number of halogens is 2. The van der Waals surface area contributed by atoms with Gasteiger partial charge in [-0.15, -0.1) is 0 Å². The minimum absolute atomic E-state index is 0.0657. The van der Waals surface area contributed by atoms with E-state index in [0.29, 0.717) is 60.0 Å². The van der Waals surface area contributed by atoms with Crippen LogP contribution in [0.3, 0.4) is 0 Å². The SMILES string of the molecule is C=C(C=N)c1cn(-c2c(F)ccc(N[S+]([O-])CCC)c2F)c2ccc(N(C)C3CCN(CCOCCOCC(=O)OC(C)(C)C)CC3)nc12. The Hall–Kier alpha value is -3.56. The van der Waals surface area contributed by atoms with Gasteiger partial charge in [-0.05, 0) is 69.9 Å². The number of piperidine rings is 1. The monoisotopic (exact) mass is 702 g/mol. The predicted octanol–water partition coefficient (Wildman–Crippen LogP) is 5.73. The van der Waals surface area contributed by atoms with Gasteiger partial charge in [0, 0.05) is 50.7 Å². The number of benzene rings is 1. The van der Waals surface area contributed by atoms with Crippen LogP contribution < -0.4 is 9.62 Å². The van der Waals surface area contributed by atoms with Crippen molar-refractivity contribution in [1.82, 2.24) is 14.5 Å². The van der Waals surface area contributed by atoms with Crippen LogP contribution in [0.1, 0.15) is 52.5 Å². The number of nitrogens with one attached hydrogen (secondary N) is 2. The number of aromatic nitrogens is 2. The normalized spacial score (nSPS) is 14.9. The van der Waals surface area contributed by atoms with Crippen LogP contribution in [0, 0.1) is 17.0 Å². The van der Waals surface area contributed by atoms with Gasteiger partial charge in [0.15, 0.2) is 5.82 Å². The second kappa shape index (κ2) is 17.4. The van der Waals surface area contributed by atoms with Crippen LogP contribution in [0.4, 0.5) is 20.3 Å². The summed E-state index contributed by atoms with van der Waals surface area (Å²) in [6, 6.07) is 6.20. The minimum Gasteiger partial charge on any atom is -0.593 e. The van der Waals surface area contributed by atoms with Crippen LogP contribution in [0.2, 0.25) is 0 Å². The number of esters is 1. The molecule has 0 amide bonds.